The van der Waals surface area contributed by atoms with Gasteiger partial charge in [0.05, 0.1) is 31.0 Å². The number of hydrogen-bond acceptors (Lipinski definition) is 6. The highest BCUT2D eigenvalue weighted by atomic mass is 19.4. The second-order valence-corrected chi connectivity index (χ2v) is 7.97. The van der Waals surface area contributed by atoms with Crippen LogP contribution in [0.1, 0.15) is 59.1 Å². The average Bonchev–Trinajstić information content (AvgIpc) is 3.60. The molecule has 7 nitrogen and oxygen atoms in total. The van der Waals surface area contributed by atoms with E-state index in [1.54, 1.807) is 25.1 Å². The van der Waals surface area contributed by atoms with E-state index in [2.05, 4.69) is 15.2 Å². The molecule has 0 bridgehead atoms. The lowest BCUT2D eigenvalue weighted by atomic mass is 10.0. The number of benzene rings is 1. The number of alkyl halides is 3. The quantitative estimate of drug-likeness (QED) is 0.618. The number of halogens is 3. The number of anilines is 1. The van der Waals surface area contributed by atoms with Crippen LogP contribution < -0.4 is 5.73 Å². The summed E-state index contributed by atoms with van der Waals surface area (Å²) < 4.78 is 43.4. The van der Waals surface area contributed by atoms with Gasteiger partial charge in [0.1, 0.15) is 5.82 Å². The number of aromatic nitrogens is 3. The van der Waals surface area contributed by atoms with Crippen LogP contribution in [0.3, 0.4) is 0 Å². The standard InChI is InChI=1S/C20H18F3N5O2.C3H6/c1-2-28(8-12-4-6-17(27-26-12)20(21,22)23)19(29)11-3-5-16-13(7-11)14-9-30-10-15(14)18(24)25-16;1-2-3-1/h3-7H,2,8-10H2,1H3,(H2,24,25);1-3H2. The predicted octanol–water partition coefficient (Wildman–Crippen LogP) is 4.49. The Morgan fingerprint density at radius 2 is 1.82 bits per heavy atom. The van der Waals surface area contributed by atoms with E-state index in [4.69, 9.17) is 10.5 Å². The molecule has 0 atom stereocenters. The third kappa shape index (κ3) is 5.22. The lowest BCUT2D eigenvalue weighted by Crippen LogP contribution is -2.31. The fourth-order valence-electron chi connectivity index (χ4n) is 3.40. The Hall–Kier alpha value is -3.27. The molecular weight excluding hydrogens is 435 g/mol. The Labute approximate surface area is 188 Å². The number of fused-ring (bicyclic) bond motifs is 3. The van der Waals surface area contributed by atoms with Crippen LogP contribution in [0.2, 0.25) is 0 Å². The van der Waals surface area contributed by atoms with E-state index in [0.717, 1.165) is 22.6 Å². The third-order valence-electron chi connectivity index (χ3n) is 5.36. The van der Waals surface area contributed by atoms with Gasteiger partial charge in [0.2, 0.25) is 0 Å². The number of carbonyl (C=O) groups excluding carboxylic acids is 1. The van der Waals surface area contributed by atoms with Crippen molar-refractivity contribution in [2.24, 2.45) is 0 Å². The van der Waals surface area contributed by atoms with Crippen molar-refractivity contribution in [2.45, 2.75) is 52.1 Å². The molecule has 174 valence electrons. The van der Waals surface area contributed by atoms with Gasteiger partial charge in [-0.05, 0) is 42.8 Å². The molecule has 1 fully saturated rings. The van der Waals surface area contributed by atoms with Crippen molar-refractivity contribution in [1.82, 2.24) is 20.1 Å². The van der Waals surface area contributed by atoms with Crippen LogP contribution in [-0.2, 0) is 30.7 Å². The molecule has 33 heavy (non-hydrogen) atoms. The summed E-state index contributed by atoms with van der Waals surface area (Å²) in [4.78, 5) is 18.9. The van der Waals surface area contributed by atoms with Gasteiger partial charge >= 0.3 is 6.18 Å². The van der Waals surface area contributed by atoms with Crippen molar-refractivity contribution in [1.29, 1.82) is 0 Å². The lowest BCUT2D eigenvalue weighted by Gasteiger charge is -2.21. The zero-order valence-electron chi connectivity index (χ0n) is 18.2. The summed E-state index contributed by atoms with van der Waals surface area (Å²) in [5, 5.41) is 7.62. The van der Waals surface area contributed by atoms with Gasteiger partial charge in [0, 0.05) is 23.1 Å². The summed E-state index contributed by atoms with van der Waals surface area (Å²) in [6.45, 7) is 2.95. The van der Waals surface area contributed by atoms with Crippen LogP contribution in [0.5, 0.6) is 0 Å². The van der Waals surface area contributed by atoms with Crippen molar-refractivity contribution in [3.8, 4) is 0 Å². The second-order valence-electron chi connectivity index (χ2n) is 7.97. The molecule has 2 N–H and O–H groups in total. The fourth-order valence-corrected chi connectivity index (χ4v) is 3.40. The maximum absolute atomic E-state index is 13.0. The lowest BCUT2D eigenvalue weighted by molar-refractivity contribution is -0.141. The molecule has 0 spiro atoms. The molecule has 1 aliphatic heterocycles. The van der Waals surface area contributed by atoms with Crippen molar-refractivity contribution in [2.75, 3.05) is 12.3 Å². The highest BCUT2D eigenvalue weighted by Gasteiger charge is 2.33. The number of hydrogen-bond donors (Lipinski definition) is 1. The minimum Gasteiger partial charge on any atom is -0.383 e. The minimum atomic E-state index is -4.56. The van der Waals surface area contributed by atoms with Crippen LogP contribution in [0.25, 0.3) is 10.9 Å². The molecule has 1 aromatic carbocycles. The summed E-state index contributed by atoms with van der Waals surface area (Å²) in [6, 6.07) is 7.21. The van der Waals surface area contributed by atoms with Gasteiger partial charge in [0.25, 0.3) is 5.91 Å². The van der Waals surface area contributed by atoms with Crippen LogP contribution in [0, 0.1) is 0 Å². The summed E-state index contributed by atoms with van der Waals surface area (Å²) in [6.07, 6.45) is -0.0573. The Morgan fingerprint density at radius 1 is 1.09 bits per heavy atom. The number of nitrogens with two attached hydrogens (primary N) is 1. The molecule has 3 heterocycles. The average molecular weight is 459 g/mol. The molecular formula is C23H24F3N5O2. The fraction of sp³-hybridized carbons (Fsp3) is 0.391. The normalized spacial score (nSPS) is 14.4. The molecule has 1 saturated carbocycles. The molecule has 0 unspecified atom stereocenters. The Bertz CT molecular complexity index is 1160. The van der Waals surface area contributed by atoms with Crippen molar-refractivity contribution in [3.05, 3.63) is 58.4 Å². The molecule has 2 aliphatic rings. The number of rotatable bonds is 4. The Morgan fingerprint density at radius 3 is 2.42 bits per heavy atom. The summed E-state index contributed by atoms with van der Waals surface area (Å²) in [5.41, 5.74) is 8.03. The zero-order valence-corrected chi connectivity index (χ0v) is 18.2. The summed E-state index contributed by atoms with van der Waals surface area (Å²) in [5.74, 6) is 0.149. The first-order valence-corrected chi connectivity index (χ1v) is 10.8. The monoisotopic (exact) mass is 459 g/mol. The molecule has 10 heteroatoms. The molecule has 2 aromatic heterocycles. The van der Waals surface area contributed by atoms with Crippen molar-refractivity contribution >= 4 is 22.6 Å². The molecule has 5 rings (SSSR count). The van der Waals surface area contributed by atoms with Crippen LogP contribution in [0.15, 0.2) is 30.3 Å². The van der Waals surface area contributed by atoms with Gasteiger partial charge in [-0.3, -0.25) is 4.79 Å². The number of nitrogen functional groups attached to an aromatic ring is 1. The van der Waals surface area contributed by atoms with Crippen LogP contribution >= 0.6 is 0 Å². The van der Waals surface area contributed by atoms with Crippen molar-refractivity contribution < 1.29 is 22.7 Å². The van der Waals surface area contributed by atoms with E-state index >= 15 is 0 Å². The third-order valence-corrected chi connectivity index (χ3v) is 5.36. The van der Waals surface area contributed by atoms with Crippen LogP contribution in [0.4, 0.5) is 19.0 Å². The van der Waals surface area contributed by atoms with E-state index in [1.807, 2.05) is 0 Å². The van der Waals surface area contributed by atoms with Gasteiger partial charge < -0.3 is 15.4 Å². The molecule has 0 radical (unpaired) electrons. The Kier molecular flexibility index (Phi) is 6.46. The van der Waals surface area contributed by atoms with E-state index in [-0.39, 0.29) is 18.1 Å². The summed E-state index contributed by atoms with van der Waals surface area (Å²) >= 11 is 0. The molecule has 3 aromatic rings. The summed E-state index contributed by atoms with van der Waals surface area (Å²) in [7, 11) is 0. The van der Waals surface area contributed by atoms with E-state index < -0.39 is 11.9 Å². The predicted molar refractivity (Wildman–Crippen MR) is 116 cm³/mol. The highest BCUT2D eigenvalue weighted by molar-refractivity contribution is 5.99. The van der Waals surface area contributed by atoms with Gasteiger partial charge in [-0.25, -0.2) is 4.98 Å². The molecule has 0 saturated heterocycles. The van der Waals surface area contributed by atoms with Gasteiger partial charge in [-0.15, -0.1) is 5.10 Å². The maximum atomic E-state index is 13.0. The van der Waals surface area contributed by atoms with E-state index in [1.165, 1.54) is 30.2 Å². The minimum absolute atomic E-state index is 0.0414. The number of nitrogens with zero attached hydrogens (tertiary/aromatic N) is 4. The maximum Gasteiger partial charge on any atom is 0.435 e. The van der Waals surface area contributed by atoms with Crippen molar-refractivity contribution in [3.63, 3.8) is 0 Å². The zero-order chi connectivity index (χ0) is 23.6. The van der Waals surface area contributed by atoms with Gasteiger partial charge in [-0.1, -0.05) is 19.3 Å². The topological polar surface area (TPSA) is 94.2 Å². The second kappa shape index (κ2) is 9.30. The number of pyridine rings is 1. The number of amides is 1. The highest BCUT2D eigenvalue weighted by Crippen LogP contribution is 2.32. The van der Waals surface area contributed by atoms with Crippen LogP contribution in [-0.4, -0.2) is 32.5 Å². The number of carbonyl (C=O) groups is 1. The van der Waals surface area contributed by atoms with Gasteiger partial charge in [-0.2, -0.15) is 18.3 Å². The smallest absolute Gasteiger partial charge is 0.383 e. The first kappa shape index (κ1) is 22.9. The SMILES string of the molecule is C1CC1.CCN(Cc1ccc(C(F)(F)F)nn1)C(=O)c1ccc2nc(N)c3c(c2c1)COC3. The molecule has 1 aliphatic carbocycles. The molecule has 1 amide bonds. The first-order valence-electron chi connectivity index (χ1n) is 10.8. The Balaban J connectivity index is 0.000000799. The largest absolute Gasteiger partial charge is 0.435 e. The first-order chi connectivity index (χ1) is 15.8. The van der Waals surface area contributed by atoms with E-state index in [0.29, 0.717) is 36.7 Å². The number of ether oxygens (including phenoxy) is 1. The van der Waals surface area contributed by atoms with Gasteiger partial charge in [0.15, 0.2) is 5.69 Å². The van der Waals surface area contributed by atoms with E-state index in [9.17, 15) is 18.0 Å².